The number of halogens is 1. The first-order valence-electron chi connectivity index (χ1n) is 13.6. The summed E-state index contributed by atoms with van der Waals surface area (Å²) in [5, 5.41) is 0. The highest BCUT2D eigenvalue weighted by atomic mass is 31.2. The van der Waals surface area contributed by atoms with E-state index in [2.05, 4.69) is 15.0 Å². The first-order valence-corrected chi connectivity index (χ1v) is 15.4. The van der Waals surface area contributed by atoms with Crippen LogP contribution in [0.4, 0.5) is 10.3 Å². The number of imidazole rings is 1. The summed E-state index contributed by atoms with van der Waals surface area (Å²) >= 11 is 0. The number of alkyl halides is 1. The zero-order valence-electron chi connectivity index (χ0n) is 23.3. The molecular weight excluding hydrogens is 556 g/mol. The molecule has 2 aromatic heterocycles. The third-order valence-corrected chi connectivity index (χ3v) is 9.27. The van der Waals surface area contributed by atoms with Crippen LogP contribution in [0.5, 0.6) is 11.6 Å². The number of anilines is 1. The molecule has 222 valence electrons. The molecule has 0 amide bonds. The Hall–Kier alpha value is -3.28. The van der Waals surface area contributed by atoms with Crippen molar-refractivity contribution in [3.05, 3.63) is 36.7 Å². The molecule has 0 spiro atoms. The molecule has 2 aliphatic rings. The molecule has 1 aliphatic carbocycles. The van der Waals surface area contributed by atoms with E-state index < -0.39 is 37.5 Å². The van der Waals surface area contributed by atoms with E-state index in [0.29, 0.717) is 11.3 Å². The number of ether oxygens (including phenoxy) is 3. The predicted molar refractivity (Wildman–Crippen MR) is 147 cm³/mol. The minimum atomic E-state index is -3.90. The van der Waals surface area contributed by atoms with Crippen LogP contribution in [0, 0.1) is 5.92 Å². The summed E-state index contributed by atoms with van der Waals surface area (Å²) in [6.45, 7) is 2.79. The van der Waals surface area contributed by atoms with Crippen molar-refractivity contribution < 1.29 is 37.0 Å². The van der Waals surface area contributed by atoms with Gasteiger partial charge in [0.15, 0.2) is 23.1 Å². The molecular formula is C27H35FN5O7P. The minimum Gasteiger partial charge on any atom is -0.479 e. The van der Waals surface area contributed by atoms with Crippen LogP contribution in [0.15, 0.2) is 36.7 Å². The van der Waals surface area contributed by atoms with Crippen molar-refractivity contribution in [1.29, 1.82) is 0 Å². The maximum absolute atomic E-state index is 15.9. The summed E-state index contributed by atoms with van der Waals surface area (Å²) in [7, 11) is -2.48. The van der Waals surface area contributed by atoms with E-state index in [-0.39, 0.29) is 42.8 Å². The molecule has 2 N–H and O–H groups in total. The van der Waals surface area contributed by atoms with E-state index in [1.807, 2.05) is 0 Å². The Bertz CT molecular complexity index is 1420. The Balaban J connectivity index is 1.30. The number of para-hydroxylation sites is 1. The van der Waals surface area contributed by atoms with Crippen molar-refractivity contribution in [3.8, 4) is 11.6 Å². The van der Waals surface area contributed by atoms with Crippen LogP contribution in [0.3, 0.4) is 0 Å². The third-order valence-electron chi connectivity index (χ3n) is 7.25. The minimum absolute atomic E-state index is 0.0610. The Morgan fingerprint density at radius 2 is 2.00 bits per heavy atom. The van der Waals surface area contributed by atoms with Crippen molar-refractivity contribution in [2.75, 3.05) is 25.6 Å². The first kappa shape index (κ1) is 29.2. The fourth-order valence-corrected chi connectivity index (χ4v) is 7.13. The van der Waals surface area contributed by atoms with Gasteiger partial charge in [-0.1, -0.05) is 25.1 Å². The average Bonchev–Trinajstić information content (AvgIpc) is 3.66. The molecule has 1 aromatic carbocycles. The fraction of sp³-hybridized carbons (Fsp3) is 0.556. The van der Waals surface area contributed by atoms with Crippen molar-refractivity contribution in [1.82, 2.24) is 19.5 Å². The van der Waals surface area contributed by atoms with Crippen molar-refractivity contribution in [2.24, 2.45) is 5.92 Å². The maximum atomic E-state index is 15.9. The van der Waals surface area contributed by atoms with E-state index in [0.717, 1.165) is 25.7 Å². The summed E-state index contributed by atoms with van der Waals surface area (Å²) in [6, 6.07) is 8.55. The number of rotatable bonds is 11. The SMILES string of the molecule is COc1nc(N)nc2c1ncn2C1OC(CO[P@@](=O)(C[C@@H](C)C(=O)OC2CCCC2)Oc2ccccc2)C[C@@]1(C)F. The van der Waals surface area contributed by atoms with Gasteiger partial charge in [-0.15, -0.1) is 0 Å². The Labute approximate surface area is 237 Å². The third kappa shape index (κ3) is 6.63. The van der Waals surface area contributed by atoms with Crippen LogP contribution in [0.2, 0.25) is 0 Å². The number of nitrogens with zero attached hydrogens (tertiary/aromatic N) is 4. The van der Waals surface area contributed by atoms with Crippen molar-refractivity contribution in [2.45, 2.75) is 70.1 Å². The van der Waals surface area contributed by atoms with Crippen molar-refractivity contribution >= 4 is 30.7 Å². The van der Waals surface area contributed by atoms with Crippen molar-refractivity contribution in [3.63, 3.8) is 0 Å². The van der Waals surface area contributed by atoms with Crippen LogP contribution in [0.25, 0.3) is 11.2 Å². The summed E-state index contributed by atoms with van der Waals surface area (Å²) in [4.78, 5) is 25.2. The Kier molecular flexibility index (Phi) is 8.49. The van der Waals surface area contributed by atoms with E-state index >= 15 is 4.39 Å². The monoisotopic (exact) mass is 591 g/mol. The molecule has 5 atom stereocenters. The molecule has 1 aliphatic heterocycles. The number of carbonyl (C=O) groups excluding carboxylic acids is 1. The Morgan fingerprint density at radius 1 is 1.27 bits per heavy atom. The molecule has 41 heavy (non-hydrogen) atoms. The van der Waals surface area contributed by atoms with Crippen LogP contribution in [-0.2, 0) is 23.4 Å². The molecule has 12 nitrogen and oxygen atoms in total. The van der Waals surface area contributed by atoms with Gasteiger partial charge in [0.25, 0.3) is 0 Å². The van der Waals surface area contributed by atoms with Gasteiger partial charge in [-0.3, -0.25) is 13.9 Å². The van der Waals surface area contributed by atoms with Gasteiger partial charge in [0.1, 0.15) is 11.9 Å². The van der Waals surface area contributed by atoms with Gasteiger partial charge in [-0.05, 0) is 44.7 Å². The molecule has 3 aromatic rings. The lowest BCUT2D eigenvalue weighted by Gasteiger charge is -2.24. The highest BCUT2D eigenvalue weighted by Crippen LogP contribution is 2.51. The average molecular weight is 592 g/mol. The molecule has 1 saturated carbocycles. The second kappa shape index (κ2) is 11.9. The predicted octanol–water partition coefficient (Wildman–Crippen LogP) is 4.84. The van der Waals surface area contributed by atoms with Gasteiger partial charge in [-0.2, -0.15) is 9.97 Å². The number of hydrogen-bond donors (Lipinski definition) is 1. The highest BCUT2D eigenvalue weighted by Gasteiger charge is 2.48. The first-order chi connectivity index (χ1) is 19.6. The molecule has 0 bridgehead atoms. The van der Waals surface area contributed by atoms with E-state index in [1.165, 1.54) is 24.9 Å². The zero-order valence-corrected chi connectivity index (χ0v) is 24.2. The number of esters is 1. The Morgan fingerprint density at radius 3 is 2.71 bits per heavy atom. The molecule has 2 fully saturated rings. The molecule has 3 heterocycles. The standard InChI is InChI=1S/C27H35FN5O7P/c1-17(24(34)38-18-9-7-8-10-18)15-41(35,40-19-11-5-4-6-12-19)37-14-20-13-27(2,28)25(39-20)33-16-30-21-22(33)31-26(29)32-23(21)36-3/h4-6,11-12,16-18,20,25H,7-10,13-15H2,1-3H3,(H2,29,31,32)/t17-,20?,25?,27-,41+/m1/s1. The van der Waals surface area contributed by atoms with E-state index in [4.69, 9.17) is 29.0 Å². The number of carbonyl (C=O) groups is 1. The second-order valence-corrected chi connectivity index (χ2v) is 12.8. The smallest absolute Gasteiger partial charge is 0.380 e. The molecule has 5 rings (SSSR count). The topological polar surface area (TPSA) is 150 Å². The lowest BCUT2D eigenvalue weighted by molar-refractivity contribution is -0.152. The lowest BCUT2D eigenvalue weighted by atomic mass is 10.0. The lowest BCUT2D eigenvalue weighted by Crippen LogP contribution is -2.27. The van der Waals surface area contributed by atoms with Gasteiger partial charge < -0.3 is 24.5 Å². The van der Waals surface area contributed by atoms with Gasteiger partial charge in [0.2, 0.25) is 11.8 Å². The van der Waals surface area contributed by atoms with E-state index in [9.17, 15) is 9.36 Å². The molecule has 0 radical (unpaired) electrons. The van der Waals surface area contributed by atoms with Gasteiger partial charge in [0, 0.05) is 6.42 Å². The summed E-state index contributed by atoms with van der Waals surface area (Å²) < 4.78 is 59.8. The van der Waals surface area contributed by atoms with Crippen LogP contribution >= 0.6 is 7.60 Å². The fourth-order valence-electron chi connectivity index (χ4n) is 5.24. The summed E-state index contributed by atoms with van der Waals surface area (Å²) in [5.41, 5.74) is 4.50. The number of fused-ring (bicyclic) bond motifs is 1. The maximum Gasteiger partial charge on any atom is 0.380 e. The summed E-state index contributed by atoms with van der Waals surface area (Å²) in [5.74, 6) is -0.775. The number of hydrogen-bond acceptors (Lipinski definition) is 11. The van der Waals surface area contributed by atoms with E-state index in [1.54, 1.807) is 37.3 Å². The second-order valence-electron chi connectivity index (χ2n) is 10.7. The molecule has 14 heteroatoms. The molecule has 1 saturated heterocycles. The normalized spacial score (nSPS) is 25.2. The zero-order chi connectivity index (χ0) is 29.2. The van der Waals surface area contributed by atoms with Gasteiger partial charge in [-0.25, -0.2) is 13.9 Å². The summed E-state index contributed by atoms with van der Waals surface area (Å²) in [6.07, 6.45) is 2.75. The van der Waals surface area contributed by atoms with Crippen LogP contribution in [-0.4, -0.2) is 63.2 Å². The van der Waals surface area contributed by atoms with Gasteiger partial charge in [0.05, 0.1) is 38.2 Å². The number of nitrogen functional groups attached to an aromatic ring is 1. The largest absolute Gasteiger partial charge is 0.479 e. The molecule has 2 unspecified atom stereocenters. The van der Waals surface area contributed by atoms with Crippen LogP contribution in [0.1, 0.15) is 52.2 Å². The number of nitrogens with two attached hydrogens (primary N) is 1. The van der Waals surface area contributed by atoms with Crippen LogP contribution < -0.4 is 15.0 Å². The van der Waals surface area contributed by atoms with Gasteiger partial charge >= 0.3 is 13.6 Å². The number of methoxy groups -OCH3 is 1. The number of aromatic nitrogens is 4. The quantitative estimate of drug-likeness (QED) is 0.241. The number of benzene rings is 1. The highest BCUT2D eigenvalue weighted by molar-refractivity contribution is 7.54.